The van der Waals surface area contributed by atoms with E-state index in [0.29, 0.717) is 11.5 Å². The molecule has 0 radical (unpaired) electrons. The lowest BCUT2D eigenvalue weighted by molar-refractivity contribution is -0.195. The molecule has 33 heavy (non-hydrogen) atoms. The summed E-state index contributed by atoms with van der Waals surface area (Å²) in [6, 6.07) is 11.1. The molecule has 9 heteroatoms. The van der Waals surface area contributed by atoms with Crippen molar-refractivity contribution in [3.63, 3.8) is 0 Å². The highest BCUT2D eigenvalue weighted by Gasteiger charge is 3.01. The Bertz CT molecular complexity index is 1270. The zero-order chi connectivity index (χ0) is 22.8. The van der Waals surface area contributed by atoms with Crippen molar-refractivity contribution >= 4 is 28.5 Å². The molecule has 168 valence electrons. The smallest absolute Gasteiger partial charge is 0.320 e. The first-order valence-corrected chi connectivity index (χ1v) is 10.7. The summed E-state index contributed by atoms with van der Waals surface area (Å²) >= 11 is 0. The summed E-state index contributed by atoms with van der Waals surface area (Å²) in [5, 5.41) is 1.68. The van der Waals surface area contributed by atoms with Gasteiger partial charge in [-0.2, -0.15) is 0 Å². The first kappa shape index (κ1) is 19.1. The van der Waals surface area contributed by atoms with Gasteiger partial charge in [0.15, 0.2) is 29.7 Å². The Kier molecular flexibility index (Phi) is 3.31. The molecule has 3 fully saturated rings. The number of rotatable bonds is 2. The average molecular weight is 450 g/mol. The van der Waals surface area contributed by atoms with E-state index in [2.05, 4.69) is 0 Å². The minimum atomic E-state index is -1.75. The molecule has 2 aromatic rings. The van der Waals surface area contributed by atoms with Gasteiger partial charge < -0.3 is 28.4 Å². The molecule has 0 N–H and O–H groups in total. The zero-order valence-corrected chi connectivity index (χ0v) is 17.6. The lowest BCUT2D eigenvalue weighted by atomic mass is 9.66. The standard InChI is InChI=1S/C24H18O9/c1-11(25)28-17-10-9-16(27)23-22(17,33-23)20(29-12(2)26)19-21(30-19)24(23)31-14-7-3-5-13-6-4-8-15(32-24)18(13)14/h3-10,17,19-21H,1-2H3/t17-,19+,20-,21+,22-,23-/m0/s1. The van der Waals surface area contributed by atoms with Crippen molar-refractivity contribution in [2.24, 2.45) is 0 Å². The summed E-state index contributed by atoms with van der Waals surface area (Å²) in [5.41, 5.74) is -3.30. The van der Waals surface area contributed by atoms with Crippen LogP contribution in [0.3, 0.4) is 0 Å². The molecule has 0 unspecified atom stereocenters. The van der Waals surface area contributed by atoms with Crippen molar-refractivity contribution in [3.8, 4) is 11.5 Å². The van der Waals surface area contributed by atoms with E-state index in [4.69, 9.17) is 28.4 Å². The van der Waals surface area contributed by atoms with Gasteiger partial charge in [0.05, 0.1) is 5.39 Å². The summed E-state index contributed by atoms with van der Waals surface area (Å²) in [4.78, 5) is 37.4. The van der Waals surface area contributed by atoms with Gasteiger partial charge >= 0.3 is 17.7 Å². The topological polar surface area (TPSA) is 113 Å². The quantitative estimate of drug-likeness (QED) is 0.497. The van der Waals surface area contributed by atoms with Gasteiger partial charge in [-0.15, -0.1) is 0 Å². The fourth-order valence-corrected chi connectivity index (χ4v) is 5.89. The Hall–Kier alpha value is -3.43. The third kappa shape index (κ3) is 2.03. The number of carbonyl (C=O) groups excluding carboxylic acids is 3. The third-order valence-corrected chi connectivity index (χ3v) is 7.07. The van der Waals surface area contributed by atoms with Crippen molar-refractivity contribution in [1.82, 2.24) is 0 Å². The van der Waals surface area contributed by atoms with Gasteiger partial charge in [-0.25, -0.2) is 0 Å². The lowest BCUT2D eigenvalue weighted by Crippen LogP contribution is -2.74. The molecular weight excluding hydrogens is 432 g/mol. The Morgan fingerprint density at radius 2 is 1.64 bits per heavy atom. The van der Waals surface area contributed by atoms with Crippen molar-refractivity contribution in [3.05, 3.63) is 48.6 Å². The van der Waals surface area contributed by atoms with Crippen LogP contribution in [0, 0.1) is 0 Å². The molecule has 0 amide bonds. The van der Waals surface area contributed by atoms with E-state index >= 15 is 0 Å². The van der Waals surface area contributed by atoms with Crippen LogP contribution in [-0.4, -0.2) is 59.1 Å². The van der Waals surface area contributed by atoms with E-state index in [9.17, 15) is 14.4 Å². The molecule has 3 heterocycles. The zero-order valence-electron chi connectivity index (χ0n) is 17.6. The van der Waals surface area contributed by atoms with E-state index in [-0.39, 0.29) is 0 Å². The van der Waals surface area contributed by atoms with Crippen LogP contribution < -0.4 is 9.47 Å². The van der Waals surface area contributed by atoms with Gasteiger partial charge in [0, 0.05) is 13.8 Å². The average Bonchev–Trinajstić information content (AvgIpc) is 3.67. The third-order valence-electron chi connectivity index (χ3n) is 7.07. The minimum Gasteiger partial charge on any atom is -0.456 e. The number of hydrogen-bond acceptors (Lipinski definition) is 9. The molecule has 5 aliphatic rings. The van der Waals surface area contributed by atoms with Gasteiger partial charge in [0.25, 0.3) is 0 Å². The maximum Gasteiger partial charge on any atom is 0.320 e. The molecule has 6 atom stereocenters. The molecular formula is C24H18O9. The monoisotopic (exact) mass is 450 g/mol. The molecule has 0 aromatic heterocycles. The number of epoxide rings is 2. The largest absolute Gasteiger partial charge is 0.456 e. The molecule has 1 saturated carbocycles. The summed E-state index contributed by atoms with van der Waals surface area (Å²) in [7, 11) is 0. The van der Waals surface area contributed by atoms with Crippen LogP contribution in [0.4, 0.5) is 0 Å². The van der Waals surface area contributed by atoms with Crippen LogP contribution in [-0.2, 0) is 33.3 Å². The highest BCUT2D eigenvalue weighted by atomic mass is 16.8. The molecule has 2 aliphatic carbocycles. The molecule has 1 spiro atoms. The van der Waals surface area contributed by atoms with Crippen LogP contribution in [0.2, 0.25) is 0 Å². The van der Waals surface area contributed by atoms with Gasteiger partial charge in [-0.1, -0.05) is 24.3 Å². The predicted molar refractivity (Wildman–Crippen MR) is 108 cm³/mol. The number of ketones is 1. The van der Waals surface area contributed by atoms with Gasteiger partial charge in [-0.05, 0) is 29.7 Å². The Morgan fingerprint density at radius 3 is 2.27 bits per heavy atom. The molecule has 0 bridgehead atoms. The van der Waals surface area contributed by atoms with Crippen LogP contribution >= 0.6 is 0 Å². The van der Waals surface area contributed by atoms with E-state index in [1.807, 2.05) is 24.3 Å². The van der Waals surface area contributed by atoms with E-state index < -0.39 is 59.1 Å². The SMILES string of the molecule is CC(=O)O[C@H]1C=CC(=O)[C@]23O[C@]12[C@@H](OC(C)=O)[C@H]1O[C@H]1C31Oc2cccc3cccc(c23)O1. The molecule has 2 aromatic carbocycles. The normalized spacial score (nSPS) is 37.7. The van der Waals surface area contributed by atoms with Crippen LogP contribution in [0.15, 0.2) is 48.6 Å². The van der Waals surface area contributed by atoms with Crippen molar-refractivity contribution < 1.29 is 42.8 Å². The summed E-state index contributed by atoms with van der Waals surface area (Å²) in [6.45, 7) is 2.51. The Morgan fingerprint density at radius 1 is 0.970 bits per heavy atom. The number of esters is 2. The molecule has 7 rings (SSSR count). The second-order valence-electron chi connectivity index (χ2n) is 8.86. The van der Waals surface area contributed by atoms with Gasteiger partial charge in [0.2, 0.25) is 5.60 Å². The minimum absolute atomic E-state index is 0.441. The Balaban J connectivity index is 1.44. The number of hydrogen-bond donors (Lipinski definition) is 0. The highest BCUT2D eigenvalue weighted by Crippen LogP contribution is 2.72. The fraction of sp³-hybridized carbons (Fsp3) is 0.375. The second kappa shape index (κ2) is 5.73. The van der Waals surface area contributed by atoms with E-state index in [1.54, 1.807) is 12.1 Å². The van der Waals surface area contributed by atoms with Gasteiger partial charge in [0.1, 0.15) is 17.6 Å². The fourth-order valence-electron chi connectivity index (χ4n) is 5.89. The summed E-state index contributed by atoms with van der Waals surface area (Å²) < 4.78 is 36.3. The molecule has 3 aliphatic heterocycles. The highest BCUT2D eigenvalue weighted by molar-refractivity contribution is 6.05. The number of benzene rings is 2. The summed E-state index contributed by atoms with van der Waals surface area (Å²) in [6.07, 6.45) is -0.703. The van der Waals surface area contributed by atoms with Crippen molar-refractivity contribution in [1.29, 1.82) is 0 Å². The maximum absolute atomic E-state index is 13.5. The van der Waals surface area contributed by atoms with Gasteiger partial charge in [-0.3, -0.25) is 14.4 Å². The lowest BCUT2D eigenvalue weighted by Gasteiger charge is -2.46. The first-order valence-electron chi connectivity index (χ1n) is 10.7. The van der Waals surface area contributed by atoms with Crippen molar-refractivity contribution in [2.45, 2.75) is 55.3 Å². The second-order valence-corrected chi connectivity index (χ2v) is 8.86. The number of ether oxygens (including phenoxy) is 6. The van der Waals surface area contributed by atoms with E-state index in [1.165, 1.54) is 26.0 Å². The number of carbonyl (C=O) groups is 3. The van der Waals surface area contributed by atoms with E-state index in [0.717, 1.165) is 10.8 Å². The molecule has 2 saturated heterocycles. The van der Waals surface area contributed by atoms with Crippen LogP contribution in [0.25, 0.3) is 10.8 Å². The molecule has 9 nitrogen and oxygen atoms in total. The van der Waals surface area contributed by atoms with Crippen LogP contribution in [0.1, 0.15) is 13.8 Å². The van der Waals surface area contributed by atoms with Crippen LogP contribution in [0.5, 0.6) is 11.5 Å². The maximum atomic E-state index is 13.5. The summed E-state index contributed by atoms with van der Waals surface area (Å²) in [5.74, 6) is -2.26. The van der Waals surface area contributed by atoms with Crippen molar-refractivity contribution in [2.75, 3.05) is 0 Å². The predicted octanol–water partition coefficient (Wildman–Crippen LogP) is 1.60. The Labute approximate surface area is 187 Å². The number of fused-ring (bicyclic) bond motifs is 2. The first-order chi connectivity index (χ1) is 15.8.